The van der Waals surface area contributed by atoms with Gasteiger partial charge >= 0.3 is 0 Å². The Bertz CT molecular complexity index is 238. The molecule has 92 valence electrons. The molecule has 0 saturated heterocycles. The molecule has 0 amide bonds. The summed E-state index contributed by atoms with van der Waals surface area (Å²) in [7, 11) is 0. The van der Waals surface area contributed by atoms with Crippen LogP contribution in [0.3, 0.4) is 0 Å². The summed E-state index contributed by atoms with van der Waals surface area (Å²) in [6.07, 6.45) is 11.4. The molecule has 4 atom stereocenters. The van der Waals surface area contributed by atoms with E-state index in [1.54, 1.807) is 0 Å². The van der Waals surface area contributed by atoms with Crippen molar-refractivity contribution in [2.24, 2.45) is 29.1 Å². The van der Waals surface area contributed by atoms with Crippen LogP contribution in [-0.4, -0.2) is 11.7 Å². The van der Waals surface area contributed by atoms with E-state index in [-0.39, 0.29) is 5.41 Å². The van der Waals surface area contributed by atoms with Gasteiger partial charge in [0.25, 0.3) is 0 Å². The van der Waals surface area contributed by atoms with Gasteiger partial charge < -0.3 is 5.11 Å². The van der Waals surface area contributed by atoms with Gasteiger partial charge in [0, 0.05) is 6.61 Å². The lowest BCUT2D eigenvalue weighted by Gasteiger charge is -2.39. The summed E-state index contributed by atoms with van der Waals surface area (Å²) in [4.78, 5) is 0. The van der Waals surface area contributed by atoms with Crippen molar-refractivity contribution >= 4 is 0 Å². The van der Waals surface area contributed by atoms with Crippen molar-refractivity contribution in [3.8, 4) is 0 Å². The van der Waals surface area contributed by atoms with Crippen LogP contribution in [0.4, 0.5) is 0 Å². The Morgan fingerprint density at radius 1 is 0.875 bits per heavy atom. The zero-order chi connectivity index (χ0) is 11.2. The number of rotatable bonds is 1. The average molecular weight is 222 g/mol. The molecular formula is C15H26O. The van der Waals surface area contributed by atoms with Crippen LogP contribution < -0.4 is 0 Å². The lowest BCUT2D eigenvalue weighted by Crippen LogP contribution is -2.35. The molecule has 0 spiro atoms. The van der Waals surface area contributed by atoms with Gasteiger partial charge in [-0.25, -0.2) is 0 Å². The first-order chi connectivity index (χ1) is 7.77. The molecule has 3 aliphatic carbocycles. The third kappa shape index (κ3) is 1.40. The molecule has 3 rings (SSSR count). The van der Waals surface area contributed by atoms with E-state index in [1.165, 1.54) is 51.4 Å². The SMILES string of the molecule is CC1(CO)C2CCCCC2C2CCCCC21. The number of aliphatic hydroxyl groups is 1. The van der Waals surface area contributed by atoms with Crippen molar-refractivity contribution in [2.75, 3.05) is 6.61 Å². The van der Waals surface area contributed by atoms with E-state index >= 15 is 0 Å². The lowest BCUT2D eigenvalue weighted by atomic mass is 9.67. The van der Waals surface area contributed by atoms with Gasteiger partial charge in [0.15, 0.2) is 0 Å². The Balaban J connectivity index is 1.92. The van der Waals surface area contributed by atoms with Gasteiger partial charge in [-0.3, -0.25) is 0 Å². The molecule has 3 aliphatic rings. The molecule has 16 heavy (non-hydrogen) atoms. The fourth-order valence-electron chi connectivity index (χ4n) is 5.49. The van der Waals surface area contributed by atoms with Crippen molar-refractivity contribution in [3.05, 3.63) is 0 Å². The highest BCUT2D eigenvalue weighted by Gasteiger charge is 2.57. The second-order valence-corrected chi connectivity index (χ2v) is 6.77. The van der Waals surface area contributed by atoms with Crippen LogP contribution in [0.15, 0.2) is 0 Å². The molecule has 0 aromatic carbocycles. The zero-order valence-corrected chi connectivity index (χ0v) is 10.6. The van der Waals surface area contributed by atoms with Crippen molar-refractivity contribution in [2.45, 2.75) is 58.3 Å². The normalized spacial score (nSPS) is 52.1. The van der Waals surface area contributed by atoms with Gasteiger partial charge in [-0.1, -0.05) is 32.6 Å². The highest BCUT2D eigenvalue weighted by atomic mass is 16.3. The topological polar surface area (TPSA) is 20.2 Å². The Labute approximate surface area is 99.6 Å². The summed E-state index contributed by atoms with van der Waals surface area (Å²) < 4.78 is 0. The fraction of sp³-hybridized carbons (Fsp3) is 1.00. The molecule has 0 aliphatic heterocycles. The minimum Gasteiger partial charge on any atom is -0.396 e. The average Bonchev–Trinajstić information content (AvgIpc) is 2.62. The first kappa shape index (κ1) is 11.1. The van der Waals surface area contributed by atoms with Crippen LogP contribution in [0.25, 0.3) is 0 Å². The largest absolute Gasteiger partial charge is 0.396 e. The molecule has 3 saturated carbocycles. The number of fused-ring (bicyclic) bond motifs is 3. The molecule has 0 heterocycles. The summed E-state index contributed by atoms with van der Waals surface area (Å²) in [5.74, 6) is 3.63. The third-order valence-corrected chi connectivity index (χ3v) is 6.22. The summed E-state index contributed by atoms with van der Waals surface area (Å²) in [5.41, 5.74) is 0.274. The van der Waals surface area contributed by atoms with Crippen molar-refractivity contribution < 1.29 is 5.11 Å². The molecule has 0 aromatic rings. The van der Waals surface area contributed by atoms with Crippen molar-refractivity contribution in [1.82, 2.24) is 0 Å². The van der Waals surface area contributed by atoms with Gasteiger partial charge in [0.2, 0.25) is 0 Å². The molecule has 1 N–H and O–H groups in total. The Morgan fingerprint density at radius 2 is 1.31 bits per heavy atom. The minimum atomic E-state index is 0.274. The Morgan fingerprint density at radius 3 is 1.75 bits per heavy atom. The molecule has 4 unspecified atom stereocenters. The smallest absolute Gasteiger partial charge is 0.0490 e. The van der Waals surface area contributed by atoms with Gasteiger partial charge in [-0.2, -0.15) is 0 Å². The van der Waals surface area contributed by atoms with Gasteiger partial charge in [0.05, 0.1) is 0 Å². The number of aliphatic hydroxyl groups excluding tert-OH is 1. The molecule has 3 fully saturated rings. The minimum absolute atomic E-state index is 0.274. The molecule has 1 heteroatoms. The Hall–Kier alpha value is -0.0400. The predicted octanol–water partition coefficient (Wildman–Crippen LogP) is 3.61. The quantitative estimate of drug-likeness (QED) is 0.718. The van der Waals surface area contributed by atoms with Crippen molar-refractivity contribution in [3.63, 3.8) is 0 Å². The van der Waals surface area contributed by atoms with Gasteiger partial charge in [-0.05, 0) is 54.8 Å². The van der Waals surface area contributed by atoms with E-state index < -0.39 is 0 Å². The molecule has 1 nitrogen and oxygen atoms in total. The lowest BCUT2D eigenvalue weighted by molar-refractivity contribution is 0.0298. The van der Waals surface area contributed by atoms with Crippen LogP contribution in [0, 0.1) is 29.1 Å². The fourth-order valence-corrected chi connectivity index (χ4v) is 5.49. The molecular weight excluding hydrogens is 196 g/mol. The highest BCUT2D eigenvalue weighted by Crippen LogP contribution is 2.62. The third-order valence-electron chi connectivity index (χ3n) is 6.22. The Kier molecular flexibility index (Phi) is 2.78. The molecule has 0 aromatic heterocycles. The van der Waals surface area contributed by atoms with E-state index in [9.17, 15) is 5.11 Å². The molecule has 0 bridgehead atoms. The van der Waals surface area contributed by atoms with E-state index in [0.29, 0.717) is 6.61 Å². The van der Waals surface area contributed by atoms with E-state index in [1.807, 2.05) is 0 Å². The maximum atomic E-state index is 9.90. The second-order valence-electron chi connectivity index (χ2n) is 6.77. The van der Waals surface area contributed by atoms with E-state index in [0.717, 1.165) is 23.7 Å². The first-order valence-corrected chi connectivity index (χ1v) is 7.38. The highest BCUT2D eigenvalue weighted by molar-refractivity contribution is 5.05. The number of hydrogen-bond donors (Lipinski definition) is 1. The van der Waals surface area contributed by atoms with Crippen LogP contribution >= 0.6 is 0 Å². The molecule has 0 radical (unpaired) electrons. The number of hydrogen-bond acceptors (Lipinski definition) is 1. The first-order valence-electron chi connectivity index (χ1n) is 7.38. The van der Waals surface area contributed by atoms with E-state index in [4.69, 9.17) is 0 Å². The second kappa shape index (κ2) is 4.01. The van der Waals surface area contributed by atoms with Gasteiger partial charge in [0.1, 0.15) is 0 Å². The van der Waals surface area contributed by atoms with Gasteiger partial charge in [-0.15, -0.1) is 0 Å². The summed E-state index contributed by atoms with van der Waals surface area (Å²) in [6, 6.07) is 0. The van der Waals surface area contributed by atoms with Crippen LogP contribution in [0.5, 0.6) is 0 Å². The van der Waals surface area contributed by atoms with Crippen molar-refractivity contribution in [1.29, 1.82) is 0 Å². The monoisotopic (exact) mass is 222 g/mol. The zero-order valence-electron chi connectivity index (χ0n) is 10.6. The van der Waals surface area contributed by atoms with Crippen LogP contribution in [0.1, 0.15) is 58.3 Å². The summed E-state index contributed by atoms with van der Waals surface area (Å²) in [6.45, 7) is 2.83. The van der Waals surface area contributed by atoms with Crippen LogP contribution in [-0.2, 0) is 0 Å². The predicted molar refractivity (Wildman–Crippen MR) is 66.1 cm³/mol. The maximum Gasteiger partial charge on any atom is 0.0490 e. The van der Waals surface area contributed by atoms with Crippen LogP contribution in [0.2, 0.25) is 0 Å². The van der Waals surface area contributed by atoms with E-state index in [2.05, 4.69) is 6.92 Å². The summed E-state index contributed by atoms with van der Waals surface area (Å²) in [5, 5.41) is 9.90. The standard InChI is InChI=1S/C15H26O/c1-15(10-16)13-8-4-2-6-11(13)12-7-3-5-9-14(12)15/h11-14,16H,2-10H2,1H3. The summed E-state index contributed by atoms with van der Waals surface area (Å²) >= 11 is 0. The maximum absolute atomic E-state index is 9.90.